The van der Waals surface area contributed by atoms with Gasteiger partial charge in [-0.05, 0) is 49.9 Å². The Morgan fingerprint density at radius 3 is 2.64 bits per heavy atom. The number of ether oxygens (including phenoxy) is 1. The van der Waals surface area contributed by atoms with Crippen LogP contribution in [0.5, 0.6) is 0 Å². The van der Waals surface area contributed by atoms with Crippen molar-refractivity contribution in [2.24, 2.45) is 5.92 Å². The summed E-state index contributed by atoms with van der Waals surface area (Å²) in [5.41, 5.74) is 3.30. The molecule has 33 heavy (non-hydrogen) atoms. The number of carbonyl (C=O) groups excluding carboxylic acids is 2. The molecular formula is C26H29N3O4. The summed E-state index contributed by atoms with van der Waals surface area (Å²) in [7, 11) is 0. The molecule has 0 spiro atoms. The van der Waals surface area contributed by atoms with Crippen LogP contribution in [0.1, 0.15) is 36.3 Å². The average molecular weight is 448 g/mol. The summed E-state index contributed by atoms with van der Waals surface area (Å²) >= 11 is 0. The number of benzene rings is 2. The number of oxazole rings is 1. The van der Waals surface area contributed by atoms with Crippen LogP contribution in [0.3, 0.4) is 0 Å². The van der Waals surface area contributed by atoms with Gasteiger partial charge in [0.15, 0.2) is 0 Å². The van der Waals surface area contributed by atoms with Gasteiger partial charge in [-0.3, -0.25) is 9.59 Å². The maximum absolute atomic E-state index is 12.5. The Balaban J connectivity index is 1.34. The molecular weight excluding hydrogens is 418 g/mol. The van der Waals surface area contributed by atoms with E-state index >= 15 is 0 Å². The number of aromatic nitrogens is 1. The lowest BCUT2D eigenvalue weighted by Crippen LogP contribution is -2.28. The molecule has 0 saturated carbocycles. The minimum absolute atomic E-state index is 0.0120. The molecule has 3 aromatic rings. The summed E-state index contributed by atoms with van der Waals surface area (Å²) in [6.07, 6.45) is 2.60. The first kappa shape index (κ1) is 22.7. The molecule has 0 bridgehead atoms. The van der Waals surface area contributed by atoms with E-state index < -0.39 is 0 Å². The number of aryl methyl sites for hydroxylation is 2. The third-order valence-electron chi connectivity index (χ3n) is 5.80. The second kappa shape index (κ2) is 10.9. The molecule has 7 heteroatoms. The van der Waals surface area contributed by atoms with Crippen molar-refractivity contribution in [3.8, 4) is 11.5 Å². The van der Waals surface area contributed by atoms with Crippen LogP contribution in [0, 0.1) is 12.8 Å². The first-order valence-corrected chi connectivity index (χ1v) is 11.3. The fourth-order valence-electron chi connectivity index (χ4n) is 3.82. The molecule has 0 radical (unpaired) electrons. The predicted molar refractivity (Wildman–Crippen MR) is 125 cm³/mol. The van der Waals surface area contributed by atoms with Gasteiger partial charge < -0.3 is 19.8 Å². The summed E-state index contributed by atoms with van der Waals surface area (Å²) in [5, 5.41) is 5.91. The Hall–Kier alpha value is -3.45. The van der Waals surface area contributed by atoms with Crippen molar-refractivity contribution in [1.29, 1.82) is 0 Å². The molecule has 172 valence electrons. The summed E-state index contributed by atoms with van der Waals surface area (Å²) < 4.78 is 11.2. The van der Waals surface area contributed by atoms with Gasteiger partial charge >= 0.3 is 0 Å². The topological polar surface area (TPSA) is 93.5 Å². The monoisotopic (exact) mass is 447 g/mol. The Labute approximate surface area is 193 Å². The van der Waals surface area contributed by atoms with E-state index in [2.05, 4.69) is 15.6 Å². The first-order chi connectivity index (χ1) is 16.1. The minimum atomic E-state index is -0.0272. The van der Waals surface area contributed by atoms with Crippen molar-refractivity contribution < 1.29 is 18.7 Å². The number of hydrogen-bond acceptors (Lipinski definition) is 5. The highest BCUT2D eigenvalue weighted by Crippen LogP contribution is 2.25. The van der Waals surface area contributed by atoms with Gasteiger partial charge in [-0.2, -0.15) is 0 Å². The number of hydrogen-bond donors (Lipinski definition) is 2. The highest BCUT2D eigenvalue weighted by atomic mass is 16.5. The molecule has 0 aliphatic carbocycles. The van der Waals surface area contributed by atoms with E-state index in [1.165, 1.54) is 0 Å². The molecule has 1 aliphatic rings. The number of amides is 2. The van der Waals surface area contributed by atoms with Gasteiger partial charge in [0.05, 0.1) is 6.54 Å². The fourth-order valence-corrected chi connectivity index (χ4v) is 3.82. The fraction of sp³-hybridized carbons (Fsp3) is 0.346. The summed E-state index contributed by atoms with van der Waals surface area (Å²) in [6.45, 7) is 3.39. The molecule has 1 aromatic heterocycles. The second-order valence-corrected chi connectivity index (χ2v) is 8.24. The van der Waals surface area contributed by atoms with E-state index in [9.17, 15) is 9.59 Å². The number of nitrogens with one attached hydrogen (secondary N) is 2. The van der Waals surface area contributed by atoms with Crippen molar-refractivity contribution in [3.05, 3.63) is 71.6 Å². The lowest BCUT2D eigenvalue weighted by atomic mass is 9.99. The molecule has 2 amide bonds. The zero-order valence-corrected chi connectivity index (χ0v) is 18.8. The van der Waals surface area contributed by atoms with Crippen molar-refractivity contribution >= 4 is 17.5 Å². The molecule has 2 aromatic carbocycles. The standard InChI is InChI=1S/C26H29N3O4/c1-18-23(17-27-24(30)11-10-19-6-3-2-4-7-19)29-26(33-18)21-8-5-9-22(16-21)28-25(31)20-12-14-32-15-13-20/h2-9,16,20H,10-15,17H2,1H3,(H,27,30)(H,28,31). The van der Waals surface area contributed by atoms with E-state index in [4.69, 9.17) is 9.15 Å². The van der Waals surface area contributed by atoms with Crippen molar-refractivity contribution in [2.75, 3.05) is 18.5 Å². The lowest BCUT2D eigenvalue weighted by molar-refractivity contribution is -0.122. The van der Waals surface area contributed by atoms with Crippen LogP contribution < -0.4 is 10.6 Å². The van der Waals surface area contributed by atoms with E-state index in [1.54, 1.807) is 0 Å². The molecule has 2 heterocycles. The SMILES string of the molecule is Cc1oc(-c2cccc(NC(=O)C3CCOCC3)c2)nc1CNC(=O)CCc1ccccc1. The van der Waals surface area contributed by atoms with Crippen LogP contribution in [0.25, 0.3) is 11.5 Å². The zero-order valence-electron chi connectivity index (χ0n) is 18.8. The highest BCUT2D eigenvalue weighted by molar-refractivity contribution is 5.93. The van der Waals surface area contributed by atoms with Gasteiger partial charge in [0.1, 0.15) is 11.5 Å². The van der Waals surface area contributed by atoms with Gasteiger partial charge in [-0.25, -0.2) is 4.98 Å². The summed E-state index contributed by atoms with van der Waals surface area (Å²) in [5.74, 6) is 1.08. The molecule has 2 N–H and O–H groups in total. The third kappa shape index (κ3) is 6.29. The van der Waals surface area contributed by atoms with Gasteiger partial charge in [0.25, 0.3) is 0 Å². The predicted octanol–water partition coefficient (Wildman–Crippen LogP) is 4.26. The molecule has 0 unspecified atom stereocenters. The Morgan fingerprint density at radius 1 is 1.06 bits per heavy atom. The van der Waals surface area contributed by atoms with Crippen LogP contribution in [-0.2, 0) is 27.3 Å². The third-order valence-corrected chi connectivity index (χ3v) is 5.80. The average Bonchev–Trinajstić information content (AvgIpc) is 3.23. The normalized spacial score (nSPS) is 14.1. The Kier molecular flexibility index (Phi) is 7.52. The summed E-state index contributed by atoms with van der Waals surface area (Å²) in [4.78, 5) is 29.3. The number of carbonyl (C=O) groups is 2. The van der Waals surface area contributed by atoms with Crippen LogP contribution in [0.4, 0.5) is 5.69 Å². The van der Waals surface area contributed by atoms with Gasteiger partial charge in [-0.1, -0.05) is 36.4 Å². The second-order valence-electron chi connectivity index (χ2n) is 8.24. The van der Waals surface area contributed by atoms with E-state index in [-0.39, 0.29) is 17.7 Å². The van der Waals surface area contributed by atoms with E-state index in [1.807, 2.05) is 61.5 Å². The molecule has 7 nitrogen and oxygen atoms in total. The van der Waals surface area contributed by atoms with E-state index in [0.29, 0.717) is 55.6 Å². The molecule has 1 aliphatic heterocycles. The number of rotatable bonds is 8. The maximum atomic E-state index is 12.5. The van der Waals surface area contributed by atoms with Gasteiger partial charge in [0, 0.05) is 36.8 Å². The van der Waals surface area contributed by atoms with Gasteiger partial charge in [-0.15, -0.1) is 0 Å². The first-order valence-electron chi connectivity index (χ1n) is 11.3. The highest BCUT2D eigenvalue weighted by Gasteiger charge is 2.22. The largest absolute Gasteiger partial charge is 0.441 e. The molecule has 1 saturated heterocycles. The Morgan fingerprint density at radius 2 is 1.85 bits per heavy atom. The van der Waals surface area contributed by atoms with Crippen LogP contribution >= 0.6 is 0 Å². The van der Waals surface area contributed by atoms with E-state index in [0.717, 1.165) is 24.0 Å². The molecule has 1 fully saturated rings. The Bertz CT molecular complexity index is 1090. The maximum Gasteiger partial charge on any atom is 0.227 e. The van der Waals surface area contributed by atoms with Crippen LogP contribution in [-0.4, -0.2) is 30.0 Å². The minimum Gasteiger partial charge on any atom is -0.441 e. The number of anilines is 1. The van der Waals surface area contributed by atoms with Crippen molar-refractivity contribution in [2.45, 2.75) is 39.2 Å². The molecule has 0 atom stereocenters. The zero-order chi connectivity index (χ0) is 23.0. The van der Waals surface area contributed by atoms with Crippen LogP contribution in [0.15, 0.2) is 59.0 Å². The molecule has 4 rings (SSSR count). The van der Waals surface area contributed by atoms with Crippen molar-refractivity contribution in [1.82, 2.24) is 10.3 Å². The lowest BCUT2D eigenvalue weighted by Gasteiger charge is -2.21. The number of nitrogens with zero attached hydrogens (tertiary/aromatic N) is 1. The van der Waals surface area contributed by atoms with Crippen molar-refractivity contribution in [3.63, 3.8) is 0 Å². The summed E-state index contributed by atoms with van der Waals surface area (Å²) in [6, 6.07) is 17.4. The quantitative estimate of drug-likeness (QED) is 0.538. The van der Waals surface area contributed by atoms with Crippen LogP contribution in [0.2, 0.25) is 0 Å². The smallest absolute Gasteiger partial charge is 0.227 e. The van der Waals surface area contributed by atoms with Gasteiger partial charge in [0.2, 0.25) is 17.7 Å².